The summed E-state index contributed by atoms with van der Waals surface area (Å²) in [6.07, 6.45) is 5.91. The predicted molar refractivity (Wildman–Crippen MR) is 122 cm³/mol. The molecule has 0 atom stereocenters. The Kier molecular flexibility index (Phi) is 7.89. The number of hydrogen-bond acceptors (Lipinski definition) is 3. The molecule has 1 aromatic carbocycles. The molecule has 0 saturated heterocycles. The van der Waals surface area contributed by atoms with Crippen LogP contribution >= 0.6 is 35.3 Å². The van der Waals surface area contributed by atoms with E-state index in [4.69, 9.17) is 0 Å². The van der Waals surface area contributed by atoms with E-state index in [2.05, 4.69) is 63.8 Å². The van der Waals surface area contributed by atoms with E-state index in [1.165, 1.54) is 26.9 Å². The molecule has 0 spiro atoms. The summed E-state index contributed by atoms with van der Waals surface area (Å²) in [5.41, 5.74) is 3.86. The molecule has 0 aliphatic rings. The Hall–Kier alpha value is -1.61. The van der Waals surface area contributed by atoms with Crippen molar-refractivity contribution >= 4 is 52.2 Å². The molecule has 7 heteroatoms. The number of aromatic nitrogens is 2. The first-order valence-electron chi connectivity index (χ1n) is 8.59. The Balaban J connectivity index is 0.00000243. The quantitative estimate of drug-likeness (QED) is 0.284. The van der Waals surface area contributed by atoms with Gasteiger partial charge in [0.25, 0.3) is 0 Å². The van der Waals surface area contributed by atoms with Gasteiger partial charge in [0, 0.05) is 54.7 Å². The molecular formula is C19H26IN5S. The van der Waals surface area contributed by atoms with E-state index in [0.29, 0.717) is 0 Å². The minimum absolute atomic E-state index is 0. The van der Waals surface area contributed by atoms with Crippen molar-refractivity contribution in [1.82, 2.24) is 20.6 Å². The van der Waals surface area contributed by atoms with Crippen LogP contribution in [0.25, 0.3) is 10.9 Å². The van der Waals surface area contributed by atoms with Crippen LogP contribution in [-0.4, -0.2) is 36.1 Å². The number of thiazole rings is 1. The number of nitrogens with zero attached hydrogens (tertiary/aromatic N) is 2. The maximum absolute atomic E-state index is 4.39. The van der Waals surface area contributed by atoms with Gasteiger partial charge in [-0.05, 0) is 37.5 Å². The summed E-state index contributed by atoms with van der Waals surface area (Å²) < 4.78 is 0. The molecule has 0 radical (unpaired) electrons. The van der Waals surface area contributed by atoms with Gasteiger partial charge in [0.05, 0.1) is 5.01 Å². The summed E-state index contributed by atoms with van der Waals surface area (Å²) in [4.78, 5) is 13.3. The largest absolute Gasteiger partial charge is 0.361 e. The molecule has 0 amide bonds. The molecule has 26 heavy (non-hydrogen) atoms. The standard InChI is InChI=1S/C19H25N5S.HI/c1-13-5-4-6-16-18(13)15(12-23-16)7-9-21-19(20-3)22-10-8-17-24-11-14(2)25-17;/h4-6,11-12,23H,7-10H2,1-3H3,(H2,20,21,22);1H. The van der Waals surface area contributed by atoms with Crippen molar-refractivity contribution in [3.05, 3.63) is 51.6 Å². The topological polar surface area (TPSA) is 65.1 Å². The second-order valence-electron chi connectivity index (χ2n) is 6.10. The third kappa shape index (κ3) is 5.20. The van der Waals surface area contributed by atoms with Crippen LogP contribution in [0.3, 0.4) is 0 Å². The van der Waals surface area contributed by atoms with E-state index in [1.54, 1.807) is 18.4 Å². The number of H-pyrrole nitrogens is 1. The van der Waals surface area contributed by atoms with E-state index < -0.39 is 0 Å². The van der Waals surface area contributed by atoms with Crippen molar-refractivity contribution in [3.8, 4) is 0 Å². The fraction of sp³-hybridized carbons (Fsp3) is 0.368. The highest BCUT2D eigenvalue weighted by molar-refractivity contribution is 14.0. The number of halogens is 1. The van der Waals surface area contributed by atoms with Crippen LogP contribution in [0.1, 0.15) is 21.0 Å². The molecule has 2 aromatic heterocycles. The number of benzene rings is 1. The van der Waals surface area contributed by atoms with Crippen LogP contribution in [0.15, 0.2) is 35.6 Å². The Morgan fingerprint density at radius 2 is 1.96 bits per heavy atom. The molecule has 3 aromatic rings. The summed E-state index contributed by atoms with van der Waals surface area (Å²) in [7, 11) is 1.80. The zero-order valence-electron chi connectivity index (χ0n) is 15.4. The summed E-state index contributed by atoms with van der Waals surface area (Å²) in [5, 5.41) is 9.25. The maximum Gasteiger partial charge on any atom is 0.191 e. The molecule has 2 heterocycles. The second kappa shape index (κ2) is 9.91. The molecule has 3 rings (SSSR count). The molecule has 0 fully saturated rings. The van der Waals surface area contributed by atoms with Gasteiger partial charge in [-0.1, -0.05) is 12.1 Å². The van der Waals surface area contributed by atoms with E-state index in [-0.39, 0.29) is 24.0 Å². The number of aliphatic imine (C=N–C) groups is 1. The van der Waals surface area contributed by atoms with Crippen LogP contribution in [0, 0.1) is 13.8 Å². The maximum atomic E-state index is 4.39. The van der Waals surface area contributed by atoms with E-state index >= 15 is 0 Å². The average Bonchev–Trinajstić information content (AvgIpc) is 3.20. The van der Waals surface area contributed by atoms with Crippen molar-refractivity contribution in [2.45, 2.75) is 26.7 Å². The van der Waals surface area contributed by atoms with Gasteiger partial charge in [-0.2, -0.15) is 0 Å². The fourth-order valence-electron chi connectivity index (χ4n) is 2.99. The minimum atomic E-state index is 0. The monoisotopic (exact) mass is 483 g/mol. The van der Waals surface area contributed by atoms with Gasteiger partial charge in [-0.15, -0.1) is 35.3 Å². The van der Waals surface area contributed by atoms with Gasteiger partial charge in [0.2, 0.25) is 0 Å². The first-order chi connectivity index (χ1) is 12.2. The lowest BCUT2D eigenvalue weighted by Gasteiger charge is -2.11. The summed E-state index contributed by atoms with van der Waals surface area (Å²) in [6.45, 7) is 5.92. The number of hydrogen-bond donors (Lipinski definition) is 3. The Morgan fingerprint density at radius 3 is 2.65 bits per heavy atom. The van der Waals surface area contributed by atoms with Crippen LogP contribution in [-0.2, 0) is 12.8 Å². The van der Waals surface area contributed by atoms with E-state index in [1.807, 2.05) is 6.20 Å². The van der Waals surface area contributed by atoms with Gasteiger partial charge in [0.1, 0.15) is 0 Å². The van der Waals surface area contributed by atoms with Gasteiger partial charge in [-0.3, -0.25) is 4.99 Å². The van der Waals surface area contributed by atoms with Gasteiger partial charge < -0.3 is 15.6 Å². The van der Waals surface area contributed by atoms with Crippen LogP contribution in [0.2, 0.25) is 0 Å². The number of rotatable bonds is 6. The number of aromatic amines is 1. The Bertz CT molecular complexity index is 868. The molecule has 3 N–H and O–H groups in total. The van der Waals surface area contributed by atoms with Crippen LogP contribution in [0.4, 0.5) is 0 Å². The minimum Gasteiger partial charge on any atom is -0.361 e. The molecule has 5 nitrogen and oxygen atoms in total. The van der Waals surface area contributed by atoms with Gasteiger partial charge >= 0.3 is 0 Å². The zero-order chi connectivity index (χ0) is 17.6. The molecular weight excluding hydrogens is 457 g/mol. The summed E-state index contributed by atoms with van der Waals surface area (Å²) in [6, 6.07) is 6.37. The second-order valence-corrected chi connectivity index (χ2v) is 7.42. The molecule has 0 saturated carbocycles. The molecule has 0 unspecified atom stereocenters. The molecule has 0 bridgehead atoms. The summed E-state index contributed by atoms with van der Waals surface area (Å²) in [5.74, 6) is 0.838. The number of fused-ring (bicyclic) bond motifs is 1. The van der Waals surface area contributed by atoms with Crippen molar-refractivity contribution in [2.75, 3.05) is 20.1 Å². The lowest BCUT2D eigenvalue weighted by Crippen LogP contribution is -2.39. The Labute approximate surface area is 175 Å². The van der Waals surface area contributed by atoms with Crippen LogP contribution in [0.5, 0.6) is 0 Å². The predicted octanol–water partition coefficient (Wildman–Crippen LogP) is 3.81. The van der Waals surface area contributed by atoms with Crippen molar-refractivity contribution in [3.63, 3.8) is 0 Å². The van der Waals surface area contributed by atoms with Crippen molar-refractivity contribution in [1.29, 1.82) is 0 Å². The molecule has 140 valence electrons. The van der Waals surface area contributed by atoms with E-state index in [9.17, 15) is 0 Å². The lowest BCUT2D eigenvalue weighted by molar-refractivity contribution is 0.783. The van der Waals surface area contributed by atoms with Crippen molar-refractivity contribution in [2.24, 2.45) is 4.99 Å². The summed E-state index contributed by atoms with van der Waals surface area (Å²) >= 11 is 1.75. The Morgan fingerprint density at radius 1 is 1.19 bits per heavy atom. The zero-order valence-corrected chi connectivity index (χ0v) is 18.6. The SMILES string of the molecule is CN=C(NCCc1ncc(C)s1)NCCc1c[nH]c2cccc(C)c12.I. The average molecular weight is 483 g/mol. The number of guanidine groups is 1. The number of nitrogens with one attached hydrogen (secondary N) is 3. The smallest absolute Gasteiger partial charge is 0.191 e. The fourth-order valence-corrected chi connectivity index (χ4v) is 3.78. The van der Waals surface area contributed by atoms with Crippen LogP contribution < -0.4 is 10.6 Å². The third-order valence-corrected chi connectivity index (χ3v) is 5.18. The molecule has 0 aliphatic carbocycles. The number of aryl methyl sites for hydroxylation is 2. The lowest BCUT2D eigenvalue weighted by atomic mass is 10.1. The van der Waals surface area contributed by atoms with Gasteiger partial charge in [-0.25, -0.2) is 4.98 Å². The molecule has 0 aliphatic heterocycles. The first kappa shape index (κ1) is 20.7. The third-order valence-electron chi connectivity index (χ3n) is 4.21. The van der Waals surface area contributed by atoms with E-state index in [0.717, 1.165) is 36.9 Å². The first-order valence-corrected chi connectivity index (χ1v) is 9.40. The highest BCUT2D eigenvalue weighted by atomic mass is 127. The highest BCUT2D eigenvalue weighted by Crippen LogP contribution is 2.22. The highest BCUT2D eigenvalue weighted by Gasteiger charge is 2.06. The normalized spacial score (nSPS) is 11.4. The van der Waals surface area contributed by atoms with Gasteiger partial charge in [0.15, 0.2) is 5.96 Å². The van der Waals surface area contributed by atoms with Crippen molar-refractivity contribution < 1.29 is 0 Å².